The Kier molecular flexibility index (Phi) is 5.21. The van der Waals surface area contributed by atoms with Crippen molar-refractivity contribution in [3.63, 3.8) is 0 Å². The van der Waals surface area contributed by atoms with E-state index in [1.807, 2.05) is 13.8 Å². The minimum absolute atomic E-state index is 0.146. The lowest BCUT2D eigenvalue weighted by molar-refractivity contribution is -0.118. The highest BCUT2D eigenvalue weighted by molar-refractivity contribution is 6.01. The highest BCUT2D eigenvalue weighted by Crippen LogP contribution is 2.20. The molecule has 0 unspecified atom stereocenters. The number of hydrogen-bond donors (Lipinski definition) is 2. The summed E-state index contributed by atoms with van der Waals surface area (Å²) >= 11 is 0. The third kappa shape index (κ3) is 4.31. The number of oxazole rings is 1. The van der Waals surface area contributed by atoms with Crippen LogP contribution in [0.3, 0.4) is 0 Å². The van der Waals surface area contributed by atoms with Crippen LogP contribution >= 0.6 is 0 Å². The summed E-state index contributed by atoms with van der Waals surface area (Å²) < 4.78 is 18.4. The summed E-state index contributed by atoms with van der Waals surface area (Å²) in [4.78, 5) is 29.3. The molecule has 0 aliphatic carbocycles. The first-order chi connectivity index (χ1) is 12.8. The number of aromatic nitrogens is 1. The van der Waals surface area contributed by atoms with Crippen LogP contribution in [0.15, 0.2) is 46.9 Å². The number of carbonyl (C=O) groups is 2. The number of halogens is 1. The molecule has 2 amide bonds. The molecule has 2 N–H and O–H groups in total. The lowest BCUT2D eigenvalue weighted by Crippen LogP contribution is -2.47. The lowest BCUT2D eigenvalue weighted by atomic mass is 10.0. The predicted octanol–water partition coefficient (Wildman–Crippen LogP) is 3.67. The minimum atomic E-state index is -0.753. The molecule has 0 bridgehead atoms. The maximum Gasteiger partial charge on any atom is 0.251 e. The Labute approximate surface area is 155 Å². The van der Waals surface area contributed by atoms with Crippen LogP contribution in [0.1, 0.15) is 30.1 Å². The second-order valence-corrected chi connectivity index (χ2v) is 6.61. The number of nitrogens with zero attached hydrogens (tertiary/aromatic N) is 1. The predicted molar refractivity (Wildman–Crippen MR) is 99.9 cm³/mol. The molecule has 6 nitrogen and oxygen atoms in total. The maximum atomic E-state index is 13.0. The van der Waals surface area contributed by atoms with Crippen molar-refractivity contribution < 1.29 is 18.4 Å². The van der Waals surface area contributed by atoms with Gasteiger partial charge in [-0.1, -0.05) is 13.8 Å². The first-order valence-electron chi connectivity index (χ1n) is 8.58. The van der Waals surface area contributed by atoms with Gasteiger partial charge in [-0.25, -0.2) is 9.37 Å². The summed E-state index contributed by atoms with van der Waals surface area (Å²) in [7, 11) is 0. The van der Waals surface area contributed by atoms with Gasteiger partial charge in [0.2, 0.25) is 5.91 Å². The van der Waals surface area contributed by atoms with Gasteiger partial charge in [0.1, 0.15) is 17.4 Å². The highest BCUT2D eigenvalue weighted by Gasteiger charge is 2.25. The maximum absolute atomic E-state index is 13.0. The molecular weight excluding hydrogens is 349 g/mol. The van der Waals surface area contributed by atoms with E-state index in [2.05, 4.69) is 15.6 Å². The van der Waals surface area contributed by atoms with E-state index in [1.54, 1.807) is 25.1 Å². The molecule has 0 fully saturated rings. The standard InChI is InChI=1S/C20H20FN3O3/c1-11(2)18(24-19(25)13-4-6-14(21)7-5-13)20(26)23-15-8-9-17-16(10-15)22-12(3)27-17/h4-11,18H,1-3H3,(H,23,26)(H,24,25)/t18-/m0/s1. The van der Waals surface area contributed by atoms with Gasteiger partial charge < -0.3 is 15.1 Å². The Bertz CT molecular complexity index is 980. The van der Waals surface area contributed by atoms with Crippen molar-refractivity contribution in [2.45, 2.75) is 26.8 Å². The topological polar surface area (TPSA) is 84.2 Å². The van der Waals surface area contributed by atoms with Crippen molar-refractivity contribution >= 4 is 28.6 Å². The van der Waals surface area contributed by atoms with Gasteiger partial charge in [-0.3, -0.25) is 9.59 Å². The van der Waals surface area contributed by atoms with Crippen molar-refractivity contribution in [2.24, 2.45) is 5.92 Å². The summed E-state index contributed by atoms with van der Waals surface area (Å²) in [6.07, 6.45) is 0. The van der Waals surface area contributed by atoms with Crippen LogP contribution < -0.4 is 10.6 Å². The van der Waals surface area contributed by atoms with Crippen molar-refractivity contribution in [3.8, 4) is 0 Å². The van der Waals surface area contributed by atoms with E-state index in [4.69, 9.17) is 4.42 Å². The van der Waals surface area contributed by atoms with Gasteiger partial charge >= 0.3 is 0 Å². The van der Waals surface area contributed by atoms with Gasteiger partial charge in [0.25, 0.3) is 5.91 Å². The number of amides is 2. The Morgan fingerprint density at radius 1 is 1.11 bits per heavy atom. The second-order valence-electron chi connectivity index (χ2n) is 6.61. The van der Waals surface area contributed by atoms with Gasteiger partial charge in [-0.05, 0) is 48.4 Å². The molecule has 0 aliphatic heterocycles. The van der Waals surface area contributed by atoms with Crippen molar-refractivity contribution in [2.75, 3.05) is 5.32 Å². The zero-order valence-electron chi connectivity index (χ0n) is 15.2. The Balaban J connectivity index is 1.73. The molecule has 0 aliphatic rings. The van der Waals surface area contributed by atoms with Crippen LogP contribution in [-0.2, 0) is 4.79 Å². The molecule has 7 heteroatoms. The number of carbonyl (C=O) groups excluding carboxylic acids is 2. The van der Waals surface area contributed by atoms with E-state index in [1.165, 1.54) is 24.3 Å². The van der Waals surface area contributed by atoms with Crippen LogP contribution in [0.4, 0.5) is 10.1 Å². The van der Waals surface area contributed by atoms with Crippen LogP contribution in [0.2, 0.25) is 0 Å². The van der Waals surface area contributed by atoms with E-state index in [0.29, 0.717) is 22.7 Å². The fraction of sp³-hybridized carbons (Fsp3) is 0.250. The highest BCUT2D eigenvalue weighted by atomic mass is 19.1. The zero-order valence-corrected chi connectivity index (χ0v) is 15.2. The Morgan fingerprint density at radius 3 is 2.48 bits per heavy atom. The van der Waals surface area contributed by atoms with Gasteiger partial charge in [0.05, 0.1) is 0 Å². The number of anilines is 1. The van der Waals surface area contributed by atoms with Gasteiger partial charge in [-0.15, -0.1) is 0 Å². The molecule has 27 heavy (non-hydrogen) atoms. The summed E-state index contributed by atoms with van der Waals surface area (Å²) in [6, 6.07) is 9.56. The monoisotopic (exact) mass is 369 g/mol. The third-order valence-electron chi connectivity index (χ3n) is 4.10. The van der Waals surface area contributed by atoms with E-state index < -0.39 is 17.8 Å². The summed E-state index contributed by atoms with van der Waals surface area (Å²) in [6.45, 7) is 5.41. The number of hydrogen-bond acceptors (Lipinski definition) is 4. The van der Waals surface area contributed by atoms with Crippen molar-refractivity contribution in [1.82, 2.24) is 10.3 Å². The van der Waals surface area contributed by atoms with Crippen LogP contribution in [0, 0.1) is 18.7 Å². The first kappa shape index (κ1) is 18.6. The molecule has 2 aromatic carbocycles. The van der Waals surface area contributed by atoms with Gasteiger partial charge in [-0.2, -0.15) is 0 Å². The number of nitrogens with one attached hydrogen (secondary N) is 2. The molecule has 140 valence electrons. The average molecular weight is 369 g/mol. The van der Waals surface area contributed by atoms with Crippen LogP contribution in [0.5, 0.6) is 0 Å². The van der Waals surface area contributed by atoms with E-state index in [9.17, 15) is 14.0 Å². The molecule has 1 aromatic heterocycles. The molecule has 3 aromatic rings. The smallest absolute Gasteiger partial charge is 0.251 e. The zero-order chi connectivity index (χ0) is 19.6. The Hall–Kier alpha value is -3.22. The fourth-order valence-electron chi connectivity index (χ4n) is 2.70. The van der Waals surface area contributed by atoms with Crippen molar-refractivity contribution in [1.29, 1.82) is 0 Å². The van der Waals surface area contributed by atoms with Crippen LogP contribution in [-0.4, -0.2) is 22.8 Å². The minimum Gasteiger partial charge on any atom is -0.441 e. The van der Waals surface area contributed by atoms with E-state index in [-0.39, 0.29) is 17.4 Å². The summed E-state index contributed by atoms with van der Waals surface area (Å²) in [5.74, 6) is -0.817. The number of rotatable bonds is 5. The third-order valence-corrected chi connectivity index (χ3v) is 4.10. The van der Waals surface area contributed by atoms with Crippen molar-refractivity contribution in [3.05, 3.63) is 59.7 Å². The van der Waals surface area contributed by atoms with Crippen LogP contribution in [0.25, 0.3) is 11.1 Å². The quantitative estimate of drug-likeness (QED) is 0.719. The molecule has 0 radical (unpaired) electrons. The summed E-state index contributed by atoms with van der Waals surface area (Å²) in [5.41, 5.74) is 2.12. The fourth-order valence-corrected chi connectivity index (χ4v) is 2.70. The SMILES string of the molecule is Cc1nc2cc(NC(=O)[C@@H](NC(=O)c3ccc(F)cc3)C(C)C)ccc2o1. The average Bonchev–Trinajstić information content (AvgIpc) is 2.99. The number of aryl methyl sites for hydroxylation is 1. The lowest BCUT2D eigenvalue weighted by Gasteiger charge is -2.21. The van der Waals surface area contributed by atoms with Gasteiger partial charge in [0, 0.05) is 18.2 Å². The van der Waals surface area contributed by atoms with Gasteiger partial charge in [0.15, 0.2) is 11.5 Å². The Morgan fingerprint density at radius 2 is 1.81 bits per heavy atom. The summed E-state index contributed by atoms with van der Waals surface area (Å²) in [5, 5.41) is 5.50. The molecule has 1 heterocycles. The van der Waals surface area contributed by atoms with E-state index in [0.717, 1.165) is 0 Å². The largest absolute Gasteiger partial charge is 0.441 e. The normalized spacial score (nSPS) is 12.2. The first-order valence-corrected chi connectivity index (χ1v) is 8.58. The molecule has 3 rings (SSSR count). The molecule has 0 saturated heterocycles. The molecular formula is C20H20FN3O3. The molecule has 0 spiro atoms. The number of fused-ring (bicyclic) bond motifs is 1. The molecule has 1 atom stereocenters. The number of benzene rings is 2. The second kappa shape index (κ2) is 7.57. The molecule has 0 saturated carbocycles. The van der Waals surface area contributed by atoms with E-state index >= 15 is 0 Å².